The van der Waals surface area contributed by atoms with Crippen LogP contribution in [0.15, 0.2) is 0 Å². The molecular weight excluding hydrogens is 232 g/mol. The summed E-state index contributed by atoms with van der Waals surface area (Å²) >= 11 is 0. The first kappa shape index (κ1) is 16.9. The Hall–Kier alpha value is -1.10. The van der Waals surface area contributed by atoms with Crippen LogP contribution in [-0.2, 0) is 9.59 Å². The van der Waals surface area contributed by atoms with Crippen molar-refractivity contribution in [2.75, 3.05) is 27.2 Å². The van der Waals surface area contributed by atoms with Crippen LogP contribution >= 0.6 is 0 Å². The monoisotopic (exact) mass is 258 g/mol. The van der Waals surface area contributed by atoms with Gasteiger partial charge < -0.3 is 15.3 Å². The van der Waals surface area contributed by atoms with Gasteiger partial charge in [0, 0.05) is 25.9 Å². The molecule has 0 spiro atoms. The first-order chi connectivity index (χ1) is 8.31. The predicted octanol–water partition coefficient (Wildman–Crippen LogP) is 1.19. The van der Waals surface area contributed by atoms with Gasteiger partial charge in [0.2, 0.25) is 5.91 Å². The molecular formula is C13H26N2O3. The van der Waals surface area contributed by atoms with E-state index in [-0.39, 0.29) is 18.2 Å². The van der Waals surface area contributed by atoms with E-state index in [1.165, 1.54) is 0 Å². The molecule has 0 aromatic rings. The van der Waals surface area contributed by atoms with Crippen LogP contribution in [0.5, 0.6) is 0 Å². The van der Waals surface area contributed by atoms with Crippen molar-refractivity contribution in [3.05, 3.63) is 0 Å². The van der Waals surface area contributed by atoms with Crippen LogP contribution < -0.4 is 5.32 Å². The molecule has 0 heterocycles. The lowest BCUT2D eigenvalue weighted by molar-refractivity contribution is -0.138. The minimum atomic E-state index is -0.803. The van der Waals surface area contributed by atoms with Crippen molar-refractivity contribution in [3.63, 3.8) is 0 Å². The Morgan fingerprint density at radius 3 is 2.33 bits per heavy atom. The highest BCUT2D eigenvalue weighted by atomic mass is 16.4. The summed E-state index contributed by atoms with van der Waals surface area (Å²) in [5.74, 6) is -0.357. The maximum Gasteiger partial charge on any atom is 0.303 e. The smallest absolute Gasteiger partial charge is 0.303 e. The summed E-state index contributed by atoms with van der Waals surface area (Å²) < 4.78 is 0. The first-order valence-electron chi connectivity index (χ1n) is 6.44. The third kappa shape index (κ3) is 10.1. The molecule has 5 heteroatoms. The Labute approximate surface area is 110 Å². The molecule has 0 rings (SSSR count). The van der Waals surface area contributed by atoms with E-state index in [1.807, 2.05) is 19.0 Å². The fourth-order valence-electron chi connectivity index (χ4n) is 1.82. The number of amides is 1. The molecule has 5 nitrogen and oxygen atoms in total. The number of aliphatic carboxylic acids is 1. The van der Waals surface area contributed by atoms with E-state index in [0.29, 0.717) is 25.4 Å². The van der Waals surface area contributed by atoms with Gasteiger partial charge in [-0.15, -0.1) is 0 Å². The first-order valence-corrected chi connectivity index (χ1v) is 6.44. The van der Waals surface area contributed by atoms with Crippen molar-refractivity contribution in [2.24, 2.45) is 11.8 Å². The maximum atomic E-state index is 11.5. The summed E-state index contributed by atoms with van der Waals surface area (Å²) in [5, 5.41) is 11.6. The zero-order valence-electron chi connectivity index (χ0n) is 11.9. The topological polar surface area (TPSA) is 69.6 Å². The Kier molecular flexibility index (Phi) is 8.37. The van der Waals surface area contributed by atoms with E-state index < -0.39 is 5.97 Å². The van der Waals surface area contributed by atoms with Gasteiger partial charge in [-0.2, -0.15) is 0 Å². The highest BCUT2D eigenvalue weighted by Gasteiger charge is 2.15. The highest BCUT2D eigenvalue weighted by molar-refractivity contribution is 5.76. The summed E-state index contributed by atoms with van der Waals surface area (Å²) in [6.07, 6.45) is 1.39. The van der Waals surface area contributed by atoms with Crippen molar-refractivity contribution >= 4 is 11.9 Å². The summed E-state index contributed by atoms with van der Waals surface area (Å²) in [5.41, 5.74) is 0. The molecule has 0 saturated carbocycles. The van der Waals surface area contributed by atoms with E-state index >= 15 is 0 Å². The Bertz CT molecular complexity index is 265. The number of nitrogens with zero attached hydrogens (tertiary/aromatic N) is 1. The van der Waals surface area contributed by atoms with Gasteiger partial charge in [-0.1, -0.05) is 13.8 Å². The van der Waals surface area contributed by atoms with Gasteiger partial charge in [0.15, 0.2) is 0 Å². The molecule has 0 aliphatic rings. The normalized spacial score (nSPS) is 12.8. The third-order valence-corrected chi connectivity index (χ3v) is 2.64. The second-order valence-corrected chi connectivity index (χ2v) is 5.45. The fourth-order valence-corrected chi connectivity index (χ4v) is 1.82. The highest BCUT2D eigenvalue weighted by Crippen LogP contribution is 2.14. The lowest BCUT2D eigenvalue weighted by Gasteiger charge is -2.18. The average molecular weight is 258 g/mol. The molecule has 1 atom stereocenters. The molecule has 0 radical (unpaired) electrons. The molecule has 0 aromatic heterocycles. The van der Waals surface area contributed by atoms with Crippen LogP contribution in [0, 0.1) is 11.8 Å². The summed E-state index contributed by atoms with van der Waals surface area (Å²) in [4.78, 5) is 24.2. The number of carboxylic acid groups (broad SMARTS) is 1. The van der Waals surface area contributed by atoms with Gasteiger partial charge in [0.05, 0.1) is 0 Å². The predicted molar refractivity (Wildman–Crippen MR) is 71.4 cm³/mol. The standard InChI is InChI=1S/C13H26N2O3/c1-10(2)7-11(8-13(17)18)9-14-12(16)5-6-15(3)4/h10-11H,5-9H2,1-4H3,(H,14,16)(H,17,18). The van der Waals surface area contributed by atoms with Crippen LogP contribution in [0.2, 0.25) is 0 Å². The van der Waals surface area contributed by atoms with E-state index in [9.17, 15) is 9.59 Å². The summed E-state index contributed by atoms with van der Waals surface area (Å²) in [6.45, 7) is 5.28. The molecule has 0 aliphatic carbocycles. The molecule has 0 aromatic carbocycles. The van der Waals surface area contributed by atoms with E-state index in [2.05, 4.69) is 19.2 Å². The maximum absolute atomic E-state index is 11.5. The molecule has 0 saturated heterocycles. The van der Waals surface area contributed by atoms with Gasteiger partial charge in [0.25, 0.3) is 0 Å². The van der Waals surface area contributed by atoms with Crippen molar-refractivity contribution in [1.29, 1.82) is 0 Å². The van der Waals surface area contributed by atoms with Gasteiger partial charge in [-0.25, -0.2) is 0 Å². The number of carboxylic acids is 1. The molecule has 0 aliphatic heterocycles. The molecule has 106 valence electrons. The molecule has 18 heavy (non-hydrogen) atoms. The molecule has 1 unspecified atom stereocenters. The number of carbonyl (C=O) groups excluding carboxylic acids is 1. The molecule has 2 N–H and O–H groups in total. The Morgan fingerprint density at radius 1 is 1.28 bits per heavy atom. The van der Waals surface area contributed by atoms with Gasteiger partial charge in [-0.05, 0) is 32.4 Å². The van der Waals surface area contributed by atoms with Crippen LogP contribution in [0.25, 0.3) is 0 Å². The molecule has 0 fully saturated rings. The SMILES string of the molecule is CC(C)CC(CNC(=O)CCN(C)C)CC(=O)O. The zero-order valence-corrected chi connectivity index (χ0v) is 11.9. The third-order valence-electron chi connectivity index (χ3n) is 2.64. The van der Waals surface area contributed by atoms with Crippen LogP contribution in [0.3, 0.4) is 0 Å². The van der Waals surface area contributed by atoms with E-state index in [4.69, 9.17) is 5.11 Å². The molecule has 1 amide bonds. The number of nitrogens with one attached hydrogen (secondary N) is 1. The summed E-state index contributed by atoms with van der Waals surface area (Å²) in [6, 6.07) is 0. The number of carbonyl (C=O) groups is 2. The van der Waals surface area contributed by atoms with E-state index in [0.717, 1.165) is 6.42 Å². The summed E-state index contributed by atoms with van der Waals surface area (Å²) in [7, 11) is 3.83. The minimum absolute atomic E-state index is 0.0113. The number of rotatable bonds is 9. The molecule has 0 bridgehead atoms. The average Bonchev–Trinajstić information content (AvgIpc) is 2.21. The van der Waals surface area contributed by atoms with Crippen molar-refractivity contribution in [1.82, 2.24) is 10.2 Å². The van der Waals surface area contributed by atoms with Crippen molar-refractivity contribution in [3.8, 4) is 0 Å². The van der Waals surface area contributed by atoms with Crippen molar-refractivity contribution in [2.45, 2.75) is 33.1 Å². The van der Waals surface area contributed by atoms with Crippen LogP contribution in [0.1, 0.15) is 33.1 Å². The second kappa shape index (κ2) is 8.91. The van der Waals surface area contributed by atoms with Crippen molar-refractivity contribution < 1.29 is 14.7 Å². The lowest BCUT2D eigenvalue weighted by Crippen LogP contribution is -2.32. The van der Waals surface area contributed by atoms with Gasteiger partial charge in [-0.3, -0.25) is 9.59 Å². The Morgan fingerprint density at radius 2 is 1.89 bits per heavy atom. The number of hydrogen-bond donors (Lipinski definition) is 2. The minimum Gasteiger partial charge on any atom is -0.481 e. The Balaban J connectivity index is 4.00. The van der Waals surface area contributed by atoms with Gasteiger partial charge >= 0.3 is 5.97 Å². The quantitative estimate of drug-likeness (QED) is 0.652. The van der Waals surface area contributed by atoms with Crippen LogP contribution in [-0.4, -0.2) is 49.1 Å². The van der Waals surface area contributed by atoms with Crippen LogP contribution in [0.4, 0.5) is 0 Å². The number of hydrogen-bond acceptors (Lipinski definition) is 3. The fraction of sp³-hybridized carbons (Fsp3) is 0.846. The van der Waals surface area contributed by atoms with Gasteiger partial charge in [0.1, 0.15) is 0 Å². The van der Waals surface area contributed by atoms with E-state index in [1.54, 1.807) is 0 Å². The zero-order chi connectivity index (χ0) is 14.1. The largest absolute Gasteiger partial charge is 0.481 e. The lowest BCUT2D eigenvalue weighted by atomic mass is 9.94. The second-order valence-electron chi connectivity index (χ2n) is 5.45.